The average molecular weight is 265 g/mol. The summed E-state index contributed by atoms with van der Waals surface area (Å²) in [6, 6.07) is 0. The van der Waals surface area contributed by atoms with Gasteiger partial charge in [0.1, 0.15) is 11.9 Å². The fraction of sp³-hybridized carbons (Fsp3) is 0.545. The second kappa shape index (κ2) is 4.12. The molecule has 2 aromatic rings. The zero-order valence-corrected chi connectivity index (χ0v) is 10.4. The second-order valence-electron chi connectivity index (χ2n) is 4.90. The molecule has 1 saturated heterocycles. The van der Waals surface area contributed by atoms with Crippen molar-refractivity contribution >= 4 is 11.5 Å². The number of fused-ring (bicyclic) bond motifs is 1. The molecule has 3 unspecified atom stereocenters. The van der Waals surface area contributed by atoms with Crippen LogP contribution in [-0.2, 0) is 4.74 Å². The summed E-state index contributed by atoms with van der Waals surface area (Å²) >= 11 is 0. The third-order valence-corrected chi connectivity index (χ3v) is 3.65. The summed E-state index contributed by atoms with van der Waals surface area (Å²) in [5.41, 5.74) is 5.88. The second-order valence-corrected chi connectivity index (χ2v) is 4.90. The minimum absolute atomic E-state index is 0.251. The van der Waals surface area contributed by atoms with Crippen molar-refractivity contribution < 1.29 is 14.9 Å². The van der Waals surface area contributed by atoms with Crippen molar-refractivity contribution in [1.82, 2.24) is 19.6 Å². The molecule has 3 rings (SSSR count). The van der Waals surface area contributed by atoms with Crippen molar-refractivity contribution in [3.05, 3.63) is 18.2 Å². The normalized spacial score (nSPS) is 31.1. The van der Waals surface area contributed by atoms with Crippen LogP contribution in [0.15, 0.2) is 12.5 Å². The summed E-state index contributed by atoms with van der Waals surface area (Å²) in [7, 11) is 0. The highest BCUT2D eigenvalue weighted by molar-refractivity contribution is 5.59. The minimum Gasteiger partial charge on any atom is -0.393 e. The van der Waals surface area contributed by atoms with E-state index in [1.807, 2.05) is 0 Å². The Kier molecular flexibility index (Phi) is 2.66. The molecule has 0 aliphatic carbocycles. The Morgan fingerprint density at radius 3 is 3.05 bits per heavy atom. The van der Waals surface area contributed by atoms with Crippen LogP contribution in [0.2, 0.25) is 0 Å². The monoisotopic (exact) mass is 265 g/mol. The zero-order chi connectivity index (χ0) is 13.6. The van der Waals surface area contributed by atoms with Gasteiger partial charge in [0.15, 0.2) is 11.5 Å². The van der Waals surface area contributed by atoms with E-state index in [1.54, 1.807) is 17.6 Å². The highest BCUT2D eigenvalue weighted by Gasteiger charge is 2.47. The lowest BCUT2D eigenvalue weighted by molar-refractivity contribution is -0.0773. The van der Waals surface area contributed by atoms with Crippen molar-refractivity contribution in [2.45, 2.75) is 24.5 Å². The van der Waals surface area contributed by atoms with E-state index in [0.29, 0.717) is 11.3 Å². The van der Waals surface area contributed by atoms with E-state index in [-0.39, 0.29) is 24.9 Å². The predicted molar refractivity (Wildman–Crippen MR) is 65.4 cm³/mol. The lowest BCUT2D eigenvalue weighted by Gasteiger charge is -2.25. The smallest absolute Gasteiger partial charge is 0.196 e. The van der Waals surface area contributed by atoms with E-state index in [4.69, 9.17) is 10.5 Å². The number of nitrogen functional groups attached to an aromatic ring is 1. The Balaban J connectivity index is 2.05. The maximum Gasteiger partial charge on any atom is 0.196 e. The summed E-state index contributed by atoms with van der Waals surface area (Å²) < 4.78 is 7.05. The van der Waals surface area contributed by atoms with E-state index >= 15 is 0 Å². The van der Waals surface area contributed by atoms with Crippen LogP contribution in [-0.4, -0.2) is 54.7 Å². The molecule has 0 saturated carbocycles. The highest BCUT2D eigenvalue weighted by atomic mass is 16.5. The lowest BCUT2D eigenvalue weighted by Crippen LogP contribution is -2.41. The molecule has 0 bridgehead atoms. The predicted octanol–water partition coefficient (Wildman–Crippen LogP) is -1.07. The molecular formula is C11H15N5O3. The molecule has 3 atom stereocenters. The first-order valence-corrected chi connectivity index (χ1v) is 5.94. The van der Waals surface area contributed by atoms with E-state index in [0.717, 1.165) is 0 Å². The number of hydrogen-bond acceptors (Lipinski definition) is 7. The van der Waals surface area contributed by atoms with Crippen molar-refractivity contribution in [3.8, 4) is 0 Å². The Bertz CT molecular complexity index is 615. The first-order chi connectivity index (χ1) is 9.07. The summed E-state index contributed by atoms with van der Waals surface area (Å²) in [5, 5.41) is 23.7. The van der Waals surface area contributed by atoms with Gasteiger partial charge >= 0.3 is 0 Å². The molecule has 19 heavy (non-hydrogen) atoms. The Morgan fingerprint density at radius 1 is 1.58 bits per heavy atom. The van der Waals surface area contributed by atoms with Crippen LogP contribution in [0.5, 0.6) is 0 Å². The molecule has 8 nitrogen and oxygen atoms in total. The molecule has 0 aromatic carbocycles. The molecule has 3 heterocycles. The molecule has 4 N–H and O–H groups in total. The Labute approximate surface area is 108 Å². The molecule has 1 fully saturated rings. The summed E-state index contributed by atoms with van der Waals surface area (Å²) in [6.07, 6.45) is 2.09. The van der Waals surface area contributed by atoms with Crippen molar-refractivity contribution in [2.24, 2.45) is 0 Å². The van der Waals surface area contributed by atoms with E-state index < -0.39 is 11.7 Å². The third kappa shape index (κ3) is 1.68. The quantitative estimate of drug-likeness (QED) is 0.632. The molecule has 102 valence electrons. The van der Waals surface area contributed by atoms with Gasteiger partial charge in [-0.25, -0.2) is 14.5 Å². The van der Waals surface area contributed by atoms with Crippen LogP contribution in [0.4, 0.5) is 5.82 Å². The molecular weight excluding hydrogens is 250 g/mol. The standard InChI is InChI=1S/C11H15N5O3/c1-11(4-17)8(18)6(3-19-11)7-2-13-10-9(12)14-5-15-16(7)10/h2,5-6,8,17-18H,3-4H2,1H3,(H2,12,14,15). The third-order valence-electron chi connectivity index (χ3n) is 3.65. The maximum absolute atomic E-state index is 10.3. The largest absolute Gasteiger partial charge is 0.393 e. The van der Waals surface area contributed by atoms with Gasteiger partial charge in [-0.15, -0.1) is 0 Å². The minimum atomic E-state index is -0.965. The summed E-state index contributed by atoms with van der Waals surface area (Å²) in [6.45, 7) is 1.71. The SMILES string of the molecule is CC1(CO)OCC(c2cnc3c(N)ncnn23)C1O. The molecule has 0 radical (unpaired) electrons. The van der Waals surface area contributed by atoms with Gasteiger partial charge in [0, 0.05) is 0 Å². The van der Waals surface area contributed by atoms with Crippen molar-refractivity contribution in [2.75, 3.05) is 18.9 Å². The fourth-order valence-electron chi connectivity index (χ4n) is 2.37. The number of aliphatic hydroxyl groups is 2. The van der Waals surface area contributed by atoms with Crippen LogP contribution >= 0.6 is 0 Å². The van der Waals surface area contributed by atoms with Gasteiger partial charge in [-0.05, 0) is 6.92 Å². The van der Waals surface area contributed by atoms with Gasteiger partial charge in [-0.3, -0.25) is 0 Å². The molecule has 0 spiro atoms. The highest BCUT2D eigenvalue weighted by Crippen LogP contribution is 2.36. The fourth-order valence-corrected chi connectivity index (χ4v) is 2.37. The molecule has 0 amide bonds. The number of nitrogens with two attached hydrogens (primary N) is 1. The summed E-state index contributed by atoms with van der Waals surface area (Å²) in [4.78, 5) is 8.02. The molecule has 1 aliphatic heterocycles. The van der Waals surface area contributed by atoms with Crippen molar-refractivity contribution in [1.29, 1.82) is 0 Å². The van der Waals surface area contributed by atoms with Crippen LogP contribution < -0.4 is 5.73 Å². The molecule has 1 aliphatic rings. The van der Waals surface area contributed by atoms with Gasteiger partial charge in [0.25, 0.3) is 0 Å². The van der Waals surface area contributed by atoms with Gasteiger partial charge < -0.3 is 20.7 Å². The number of hydrogen-bond donors (Lipinski definition) is 3. The van der Waals surface area contributed by atoms with Crippen LogP contribution in [0.25, 0.3) is 5.65 Å². The Morgan fingerprint density at radius 2 is 2.37 bits per heavy atom. The number of anilines is 1. The van der Waals surface area contributed by atoms with Crippen LogP contribution in [0, 0.1) is 0 Å². The number of imidazole rings is 1. The molecule has 8 heteroatoms. The van der Waals surface area contributed by atoms with Gasteiger partial charge in [0.05, 0.1) is 37.1 Å². The van der Waals surface area contributed by atoms with E-state index in [9.17, 15) is 10.2 Å². The zero-order valence-electron chi connectivity index (χ0n) is 10.4. The van der Waals surface area contributed by atoms with E-state index in [1.165, 1.54) is 6.33 Å². The Hall–Kier alpha value is -1.77. The number of aliphatic hydroxyl groups excluding tert-OH is 2. The number of aromatic nitrogens is 4. The molecule has 2 aromatic heterocycles. The topological polar surface area (TPSA) is 119 Å². The summed E-state index contributed by atoms with van der Waals surface area (Å²) in [5.74, 6) is -0.0407. The van der Waals surface area contributed by atoms with Crippen LogP contribution in [0.1, 0.15) is 18.5 Å². The maximum atomic E-state index is 10.3. The first kappa shape index (κ1) is 12.3. The number of rotatable bonds is 2. The van der Waals surface area contributed by atoms with Crippen molar-refractivity contribution in [3.63, 3.8) is 0 Å². The first-order valence-electron chi connectivity index (χ1n) is 5.94. The lowest BCUT2D eigenvalue weighted by atomic mass is 9.91. The number of ether oxygens (including phenoxy) is 1. The van der Waals surface area contributed by atoms with Gasteiger partial charge in [-0.1, -0.05) is 0 Å². The van der Waals surface area contributed by atoms with Gasteiger partial charge in [0.2, 0.25) is 0 Å². The van der Waals surface area contributed by atoms with Gasteiger partial charge in [-0.2, -0.15) is 5.10 Å². The number of nitrogens with zero attached hydrogens (tertiary/aromatic N) is 4. The average Bonchev–Trinajstić information content (AvgIpc) is 2.95. The van der Waals surface area contributed by atoms with Crippen LogP contribution in [0.3, 0.4) is 0 Å². The van der Waals surface area contributed by atoms with E-state index in [2.05, 4.69) is 15.1 Å².